The number of nitrogens with one attached hydrogen (secondary N) is 1. The van der Waals surface area contributed by atoms with E-state index in [0.717, 1.165) is 0 Å². The van der Waals surface area contributed by atoms with Crippen molar-refractivity contribution in [2.75, 3.05) is 6.54 Å². The minimum absolute atomic E-state index is 0.0964. The molecule has 1 aromatic rings. The van der Waals surface area contributed by atoms with Crippen molar-refractivity contribution in [3.8, 4) is 0 Å². The number of furan rings is 1. The van der Waals surface area contributed by atoms with E-state index >= 15 is 0 Å². The van der Waals surface area contributed by atoms with Gasteiger partial charge in [0.2, 0.25) is 0 Å². The summed E-state index contributed by atoms with van der Waals surface area (Å²) >= 11 is 5.59. The summed E-state index contributed by atoms with van der Waals surface area (Å²) in [5.41, 5.74) is 5.52. The number of nitrogens with two attached hydrogens (primary N) is 1. The normalized spacial score (nSPS) is 13.6. The van der Waals surface area contributed by atoms with E-state index in [1.807, 2.05) is 20.8 Å². The lowest BCUT2D eigenvalue weighted by Gasteiger charge is -2.29. The van der Waals surface area contributed by atoms with Crippen molar-refractivity contribution < 1.29 is 9.21 Å². The number of rotatable bonds is 3. The topological polar surface area (TPSA) is 68.3 Å². The number of carbonyl (C=O) groups is 1. The summed E-state index contributed by atoms with van der Waals surface area (Å²) in [6.45, 7) is 6.42. The van der Waals surface area contributed by atoms with Crippen LogP contribution in [0.1, 0.15) is 31.3 Å². The maximum Gasteiger partial charge on any atom is 0.287 e. The second-order valence-corrected chi connectivity index (χ2v) is 5.10. The van der Waals surface area contributed by atoms with Crippen molar-refractivity contribution in [2.45, 2.75) is 26.8 Å². The fraction of sp³-hybridized carbons (Fsp3) is 0.545. The summed E-state index contributed by atoms with van der Waals surface area (Å²) in [5, 5.41) is 3.02. The van der Waals surface area contributed by atoms with Crippen molar-refractivity contribution in [3.63, 3.8) is 0 Å². The van der Waals surface area contributed by atoms with E-state index in [4.69, 9.17) is 21.8 Å². The highest BCUT2D eigenvalue weighted by Gasteiger charge is 2.26. The Bertz CT molecular complexity index is 368. The lowest BCUT2D eigenvalue weighted by Crippen LogP contribution is -2.48. The minimum Gasteiger partial charge on any atom is -0.440 e. The molecule has 90 valence electrons. The molecular weight excluding hydrogens is 228 g/mol. The molecule has 0 saturated carbocycles. The first-order valence-corrected chi connectivity index (χ1v) is 5.48. The molecule has 1 unspecified atom stereocenters. The van der Waals surface area contributed by atoms with E-state index in [9.17, 15) is 4.79 Å². The molecule has 0 radical (unpaired) electrons. The van der Waals surface area contributed by atoms with Crippen LogP contribution in [0.3, 0.4) is 0 Å². The van der Waals surface area contributed by atoms with Crippen LogP contribution in [0.2, 0.25) is 5.22 Å². The van der Waals surface area contributed by atoms with Crippen LogP contribution in [-0.4, -0.2) is 18.5 Å². The second-order valence-electron chi connectivity index (χ2n) is 4.73. The predicted octanol–water partition coefficient (Wildman–Crippen LogP) is 2.04. The summed E-state index contributed by atoms with van der Waals surface area (Å²) in [6, 6.07) is 2.96. The number of hydrogen-bond acceptors (Lipinski definition) is 3. The third-order valence-electron chi connectivity index (χ3n) is 2.38. The molecule has 0 aliphatic heterocycles. The van der Waals surface area contributed by atoms with Crippen LogP contribution in [0, 0.1) is 5.41 Å². The fourth-order valence-corrected chi connectivity index (χ4v) is 1.44. The van der Waals surface area contributed by atoms with E-state index < -0.39 is 0 Å². The van der Waals surface area contributed by atoms with E-state index in [1.54, 1.807) is 0 Å². The van der Waals surface area contributed by atoms with Crippen molar-refractivity contribution in [2.24, 2.45) is 11.1 Å². The molecule has 1 aromatic heterocycles. The van der Waals surface area contributed by atoms with Gasteiger partial charge in [0.05, 0.1) is 0 Å². The molecule has 5 heteroatoms. The van der Waals surface area contributed by atoms with Gasteiger partial charge >= 0.3 is 0 Å². The predicted molar refractivity (Wildman–Crippen MR) is 63.5 cm³/mol. The first-order chi connectivity index (χ1) is 7.34. The number of hydrogen-bond donors (Lipinski definition) is 2. The standard InChI is InChI=1S/C11H17ClN2O2/c1-11(2,3)8(6-13)14-10(15)7-4-5-9(12)16-7/h4-5,8H,6,13H2,1-3H3,(H,14,15). The quantitative estimate of drug-likeness (QED) is 0.855. The highest BCUT2D eigenvalue weighted by molar-refractivity contribution is 6.29. The summed E-state index contributed by atoms with van der Waals surface area (Å²) in [7, 11) is 0. The minimum atomic E-state index is -0.294. The molecule has 0 fully saturated rings. The van der Waals surface area contributed by atoms with Gasteiger partial charge in [0.25, 0.3) is 5.91 Å². The van der Waals surface area contributed by atoms with Gasteiger partial charge in [0, 0.05) is 12.6 Å². The molecule has 1 atom stereocenters. The zero-order valence-electron chi connectivity index (χ0n) is 9.71. The Labute approximate surface area is 100 Å². The largest absolute Gasteiger partial charge is 0.440 e. The van der Waals surface area contributed by atoms with Crippen LogP contribution < -0.4 is 11.1 Å². The monoisotopic (exact) mass is 244 g/mol. The Hall–Kier alpha value is -1.00. The van der Waals surface area contributed by atoms with Gasteiger partial charge < -0.3 is 15.5 Å². The molecule has 1 rings (SSSR count). The van der Waals surface area contributed by atoms with Crippen LogP contribution in [0.15, 0.2) is 16.5 Å². The van der Waals surface area contributed by atoms with Gasteiger partial charge in [-0.25, -0.2) is 0 Å². The highest BCUT2D eigenvalue weighted by atomic mass is 35.5. The molecule has 4 nitrogen and oxygen atoms in total. The van der Waals surface area contributed by atoms with E-state index in [1.165, 1.54) is 12.1 Å². The molecule has 1 heterocycles. The average Bonchev–Trinajstić information content (AvgIpc) is 2.59. The molecule has 0 aliphatic rings. The van der Waals surface area contributed by atoms with E-state index in [2.05, 4.69) is 5.32 Å². The smallest absolute Gasteiger partial charge is 0.287 e. The first-order valence-electron chi connectivity index (χ1n) is 5.11. The Kier molecular flexibility index (Phi) is 3.99. The van der Waals surface area contributed by atoms with E-state index in [0.29, 0.717) is 6.54 Å². The van der Waals surface area contributed by atoms with Crippen LogP contribution in [-0.2, 0) is 0 Å². The van der Waals surface area contributed by atoms with E-state index in [-0.39, 0.29) is 28.3 Å². The van der Waals surface area contributed by atoms with Crippen molar-refractivity contribution >= 4 is 17.5 Å². The van der Waals surface area contributed by atoms with Gasteiger partial charge in [-0.2, -0.15) is 0 Å². The zero-order chi connectivity index (χ0) is 12.3. The van der Waals surface area contributed by atoms with Gasteiger partial charge in [-0.05, 0) is 29.1 Å². The molecule has 3 N–H and O–H groups in total. The van der Waals surface area contributed by atoms with Crippen LogP contribution >= 0.6 is 11.6 Å². The Morgan fingerprint density at radius 1 is 1.56 bits per heavy atom. The third kappa shape index (κ3) is 3.25. The second kappa shape index (κ2) is 4.89. The van der Waals surface area contributed by atoms with Crippen LogP contribution in [0.4, 0.5) is 0 Å². The van der Waals surface area contributed by atoms with Gasteiger partial charge in [0.15, 0.2) is 11.0 Å². The summed E-state index contributed by atoms with van der Waals surface area (Å²) in [5.74, 6) is -0.0926. The molecule has 0 spiro atoms. The maximum absolute atomic E-state index is 11.8. The summed E-state index contributed by atoms with van der Waals surface area (Å²) in [6.07, 6.45) is 0. The SMILES string of the molecule is CC(C)(C)C(CN)NC(=O)c1ccc(Cl)o1. The Morgan fingerprint density at radius 2 is 2.19 bits per heavy atom. The number of carbonyl (C=O) groups excluding carboxylic acids is 1. The van der Waals surface area contributed by atoms with Gasteiger partial charge in [-0.15, -0.1) is 0 Å². The molecule has 0 aliphatic carbocycles. The molecule has 0 saturated heterocycles. The van der Waals surface area contributed by atoms with Crippen molar-refractivity contribution in [3.05, 3.63) is 23.1 Å². The number of halogens is 1. The lowest BCUT2D eigenvalue weighted by atomic mass is 9.87. The van der Waals surface area contributed by atoms with Gasteiger partial charge in [-0.3, -0.25) is 4.79 Å². The van der Waals surface area contributed by atoms with Crippen molar-refractivity contribution in [1.82, 2.24) is 5.32 Å². The third-order valence-corrected chi connectivity index (χ3v) is 2.59. The Balaban J connectivity index is 2.70. The highest BCUT2D eigenvalue weighted by Crippen LogP contribution is 2.19. The molecule has 16 heavy (non-hydrogen) atoms. The summed E-state index contributed by atoms with van der Waals surface area (Å²) in [4.78, 5) is 11.8. The molecule has 1 amide bonds. The zero-order valence-corrected chi connectivity index (χ0v) is 10.5. The van der Waals surface area contributed by atoms with Crippen molar-refractivity contribution in [1.29, 1.82) is 0 Å². The maximum atomic E-state index is 11.8. The van der Waals surface area contributed by atoms with Crippen LogP contribution in [0.25, 0.3) is 0 Å². The molecule has 0 aromatic carbocycles. The molecular formula is C11H17ClN2O2. The molecule has 0 bridgehead atoms. The Morgan fingerprint density at radius 3 is 2.56 bits per heavy atom. The fourth-order valence-electron chi connectivity index (χ4n) is 1.29. The lowest BCUT2D eigenvalue weighted by molar-refractivity contribution is 0.0877. The van der Waals surface area contributed by atoms with Gasteiger partial charge in [0.1, 0.15) is 0 Å². The van der Waals surface area contributed by atoms with Gasteiger partial charge in [-0.1, -0.05) is 20.8 Å². The number of amides is 1. The average molecular weight is 245 g/mol. The summed E-state index contributed by atoms with van der Waals surface area (Å²) < 4.78 is 5.02. The first kappa shape index (κ1) is 13.1. The van der Waals surface area contributed by atoms with Crippen LogP contribution in [0.5, 0.6) is 0 Å².